The second kappa shape index (κ2) is 11.4. The van der Waals surface area contributed by atoms with Gasteiger partial charge in [0.05, 0.1) is 16.7 Å². The van der Waals surface area contributed by atoms with Crippen molar-refractivity contribution in [2.75, 3.05) is 33.4 Å². The molecule has 1 aliphatic heterocycles. The first-order valence-electron chi connectivity index (χ1n) is 10.8. The Morgan fingerprint density at radius 3 is 2.41 bits per heavy atom. The fourth-order valence-corrected chi connectivity index (χ4v) is 3.93. The molecule has 0 bridgehead atoms. The average molecular weight is 479 g/mol. The monoisotopic (exact) mass is 478 g/mol. The van der Waals surface area contributed by atoms with Crippen molar-refractivity contribution in [2.45, 2.75) is 32.7 Å². The summed E-state index contributed by atoms with van der Waals surface area (Å²) in [6.45, 7) is 4.14. The van der Waals surface area contributed by atoms with Gasteiger partial charge in [0.2, 0.25) is 0 Å². The summed E-state index contributed by atoms with van der Waals surface area (Å²) in [6.07, 6.45) is 3.22. The van der Waals surface area contributed by atoms with Crippen LogP contribution in [0.25, 0.3) is 0 Å². The van der Waals surface area contributed by atoms with Gasteiger partial charge >= 0.3 is 0 Å². The van der Waals surface area contributed by atoms with Crippen LogP contribution < -0.4 is 9.47 Å². The van der Waals surface area contributed by atoms with Crippen LogP contribution in [-0.2, 0) is 11.3 Å². The molecular weight excluding hydrogens is 451 g/mol. The number of hydrogen-bond acceptors (Lipinski definition) is 4. The molecule has 6 nitrogen and oxygen atoms in total. The predicted molar refractivity (Wildman–Crippen MR) is 126 cm³/mol. The topological polar surface area (TPSA) is 59.1 Å². The second-order valence-electron chi connectivity index (χ2n) is 7.73. The SMILES string of the molecule is CCOc1cc(C(=O)N(C)Cc2ccc(Cl)c(Cl)c2)ccc1OCC(=O)N1CCCCC1. The number of nitrogens with zero attached hydrogens (tertiary/aromatic N) is 2. The summed E-state index contributed by atoms with van der Waals surface area (Å²) in [7, 11) is 1.72. The number of carbonyl (C=O) groups is 2. The van der Waals surface area contributed by atoms with Gasteiger partial charge in [0.15, 0.2) is 18.1 Å². The molecule has 0 N–H and O–H groups in total. The molecule has 0 atom stereocenters. The Labute approximate surface area is 199 Å². The molecule has 0 aromatic heterocycles. The van der Waals surface area contributed by atoms with E-state index in [1.54, 1.807) is 42.3 Å². The molecule has 0 spiro atoms. The molecule has 3 rings (SSSR count). The van der Waals surface area contributed by atoms with E-state index < -0.39 is 0 Å². The molecule has 8 heteroatoms. The molecule has 0 unspecified atom stereocenters. The van der Waals surface area contributed by atoms with E-state index in [4.69, 9.17) is 32.7 Å². The highest BCUT2D eigenvalue weighted by atomic mass is 35.5. The highest BCUT2D eigenvalue weighted by Gasteiger charge is 2.19. The first kappa shape index (κ1) is 24.2. The number of amides is 2. The summed E-state index contributed by atoms with van der Waals surface area (Å²) in [4.78, 5) is 28.8. The number of benzene rings is 2. The Kier molecular flexibility index (Phi) is 8.65. The summed E-state index contributed by atoms with van der Waals surface area (Å²) < 4.78 is 11.4. The third-order valence-electron chi connectivity index (χ3n) is 5.30. The molecule has 1 fully saturated rings. The van der Waals surface area contributed by atoms with E-state index in [-0.39, 0.29) is 18.4 Å². The first-order chi connectivity index (χ1) is 15.4. The van der Waals surface area contributed by atoms with E-state index in [9.17, 15) is 9.59 Å². The van der Waals surface area contributed by atoms with Crippen molar-refractivity contribution in [1.29, 1.82) is 0 Å². The van der Waals surface area contributed by atoms with Crippen LogP contribution in [0.15, 0.2) is 36.4 Å². The van der Waals surface area contributed by atoms with Gasteiger partial charge in [-0.05, 0) is 62.1 Å². The Balaban J connectivity index is 1.67. The lowest BCUT2D eigenvalue weighted by Crippen LogP contribution is -2.38. The van der Waals surface area contributed by atoms with Crippen molar-refractivity contribution in [2.24, 2.45) is 0 Å². The summed E-state index contributed by atoms with van der Waals surface area (Å²) in [6, 6.07) is 10.3. The Hall–Kier alpha value is -2.44. The Morgan fingerprint density at radius 1 is 0.969 bits per heavy atom. The third kappa shape index (κ3) is 6.30. The highest BCUT2D eigenvalue weighted by molar-refractivity contribution is 6.42. The van der Waals surface area contributed by atoms with Gasteiger partial charge in [0.1, 0.15) is 0 Å². The van der Waals surface area contributed by atoms with E-state index in [1.165, 1.54) is 0 Å². The van der Waals surface area contributed by atoms with Gasteiger partial charge in [-0.15, -0.1) is 0 Å². The Bertz CT molecular complexity index is 961. The zero-order chi connectivity index (χ0) is 23.1. The lowest BCUT2D eigenvalue weighted by molar-refractivity contribution is -0.134. The molecule has 172 valence electrons. The third-order valence-corrected chi connectivity index (χ3v) is 6.04. The van der Waals surface area contributed by atoms with Gasteiger partial charge in [-0.3, -0.25) is 9.59 Å². The maximum Gasteiger partial charge on any atom is 0.260 e. The number of likely N-dealkylation sites (tertiary alicyclic amines) is 1. The quantitative estimate of drug-likeness (QED) is 0.532. The zero-order valence-electron chi connectivity index (χ0n) is 18.4. The van der Waals surface area contributed by atoms with Crippen molar-refractivity contribution < 1.29 is 19.1 Å². The minimum atomic E-state index is -0.173. The van der Waals surface area contributed by atoms with Crippen LogP contribution in [-0.4, -0.2) is 55.0 Å². The van der Waals surface area contributed by atoms with Gasteiger partial charge in [-0.1, -0.05) is 29.3 Å². The molecule has 0 saturated carbocycles. The van der Waals surface area contributed by atoms with E-state index in [0.717, 1.165) is 37.9 Å². The summed E-state index contributed by atoms with van der Waals surface area (Å²) >= 11 is 12.0. The number of hydrogen-bond donors (Lipinski definition) is 0. The predicted octanol–water partition coefficient (Wildman–Crippen LogP) is 5.06. The molecule has 1 heterocycles. The molecule has 0 aliphatic carbocycles. The fourth-order valence-electron chi connectivity index (χ4n) is 3.61. The van der Waals surface area contributed by atoms with E-state index in [1.807, 2.05) is 17.9 Å². The fraction of sp³-hybridized carbons (Fsp3) is 0.417. The maximum absolute atomic E-state index is 13.0. The second-order valence-corrected chi connectivity index (χ2v) is 8.55. The molecule has 2 aromatic rings. The first-order valence-corrected chi connectivity index (χ1v) is 11.5. The molecule has 1 saturated heterocycles. The average Bonchev–Trinajstić information content (AvgIpc) is 2.80. The highest BCUT2D eigenvalue weighted by Crippen LogP contribution is 2.30. The van der Waals surface area contributed by atoms with Gasteiger partial charge < -0.3 is 19.3 Å². The molecule has 32 heavy (non-hydrogen) atoms. The molecular formula is C24H28Cl2N2O4. The van der Waals surface area contributed by atoms with Crippen LogP contribution in [0.4, 0.5) is 0 Å². The van der Waals surface area contributed by atoms with Crippen LogP contribution in [0.1, 0.15) is 42.1 Å². The van der Waals surface area contributed by atoms with Crippen molar-refractivity contribution in [3.05, 3.63) is 57.6 Å². The maximum atomic E-state index is 13.0. The van der Waals surface area contributed by atoms with Crippen LogP contribution in [0.3, 0.4) is 0 Å². The number of rotatable bonds is 8. The van der Waals surface area contributed by atoms with Crippen molar-refractivity contribution in [3.8, 4) is 11.5 Å². The smallest absolute Gasteiger partial charge is 0.260 e. The van der Waals surface area contributed by atoms with Gasteiger partial charge in [0, 0.05) is 32.2 Å². The van der Waals surface area contributed by atoms with Crippen molar-refractivity contribution in [3.63, 3.8) is 0 Å². The van der Waals surface area contributed by atoms with Crippen LogP contribution >= 0.6 is 23.2 Å². The minimum absolute atomic E-state index is 0.0336. The van der Waals surface area contributed by atoms with Crippen LogP contribution in [0.5, 0.6) is 11.5 Å². The number of ether oxygens (including phenoxy) is 2. The molecule has 2 aromatic carbocycles. The lowest BCUT2D eigenvalue weighted by atomic mass is 10.1. The van der Waals surface area contributed by atoms with Gasteiger partial charge in [0.25, 0.3) is 11.8 Å². The summed E-state index contributed by atoms with van der Waals surface area (Å²) in [5.74, 6) is 0.676. The van der Waals surface area contributed by atoms with Gasteiger partial charge in [-0.2, -0.15) is 0 Å². The largest absolute Gasteiger partial charge is 0.490 e. The Morgan fingerprint density at radius 2 is 1.72 bits per heavy atom. The molecule has 0 radical (unpaired) electrons. The minimum Gasteiger partial charge on any atom is -0.490 e. The van der Waals surface area contributed by atoms with Gasteiger partial charge in [-0.25, -0.2) is 0 Å². The van der Waals surface area contributed by atoms with Crippen LogP contribution in [0.2, 0.25) is 10.0 Å². The van der Waals surface area contributed by atoms with E-state index in [0.29, 0.717) is 40.3 Å². The zero-order valence-corrected chi connectivity index (χ0v) is 19.9. The van der Waals surface area contributed by atoms with Crippen molar-refractivity contribution >= 4 is 35.0 Å². The van der Waals surface area contributed by atoms with Crippen molar-refractivity contribution in [1.82, 2.24) is 9.80 Å². The lowest BCUT2D eigenvalue weighted by Gasteiger charge is -2.26. The molecule has 1 aliphatic rings. The number of carbonyl (C=O) groups excluding carboxylic acids is 2. The molecule has 2 amide bonds. The number of piperidine rings is 1. The van der Waals surface area contributed by atoms with E-state index >= 15 is 0 Å². The summed E-state index contributed by atoms with van der Waals surface area (Å²) in [5, 5.41) is 0.921. The summed E-state index contributed by atoms with van der Waals surface area (Å²) in [5.41, 5.74) is 1.34. The van der Waals surface area contributed by atoms with Crippen LogP contribution in [0, 0.1) is 0 Å². The normalized spacial score (nSPS) is 13.6. The van der Waals surface area contributed by atoms with E-state index in [2.05, 4.69) is 0 Å². The standard InChI is InChI=1S/C24H28Cl2N2O4/c1-3-31-22-14-18(24(30)27(2)15-17-7-9-19(25)20(26)13-17)8-10-21(22)32-16-23(29)28-11-5-4-6-12-28/h7-10,13-14H,3-6,11-12,15-16H2,1-2H3. The number of halogens is 2.